The highest BCUT2D eigenvalue weighted by Gasteiger charge is 2.21. The van der Waals surface area contributed by atoms with Crippen LogP contribution in [0, 0.1) is 0 Å². The number of aliphatic hydroxyl groups excluding tert-OH is 1. The molecular weight excluding hydrogens is 558 g/mol. The van der Waals surface area contributed by atoms with Gasteiger partial charge in [0.25, 0.3) is 0 Å². The molecule has 12 nitrogen and oxygen atoms in total. The van der Waals surface area contributed by atoms with E-state index < -0.39 is 6.35 Å². The van der Waals surface area contributed by atoms with E-state index in [4.69, 9.17) is 20.1 Å². The fourth-order valence-corrected chi connectivity index (χ4v) is 5.27. The smallest absolute Gasteiger partial charge is 0.204 e. The van der Waals surface area contributed by atoms with Gasteiger partial charge in [0.2, 0.25) is 6.35 Å². The number of aromatic nitrogens is 5. The molecular formula is C32H39N9O3. The minimum Gasteiger partial charge on any atom is -0.492 e. The molecule has 0 radical (unpaired) electrons. The molecule has 0 amide bonds. The molecule has 1 saturated heterocycles. The van der Waals surface area contributed by atoms with Gasteiger partial charge >= 0.3 is 0 Å². The molecule has 12 heteroatoms. The average molecular weight is 598 g/mol. The van der Waals surface area contributed by atoms with Gasteiger partial charge in [0.15, 0.2) is 11.5 Å². The van der Waals surface area contributed by atoms with Gasteiger partial charge in [-0.1, -0.05) is 32.3 Å². The van der Waals surface area contributed by atoms with Crippen LogP contribution in [-0.2, 0) is 5.41 Å². The minimum absolute atomic E-state index is 0.183. The van der Waals surface area contributed by atoms with Gasteiger partial charge < -0.3 is 30.7 Å². The molecule has 5 aromatic rings. The number of likely N-dealkylation sites (tertiary alicyclic amines) is 1. The Morgan fingerprint density at radius 1 is 1.00 bits per heavy atom. The van der Waals surface area contributed by atoms with Gasteiger partial charge in [-0.3, -0.25) is 4.90 Å². The van der Waals surface area contributed by atoms with Crippen LogP contribution in [0.5, 0.6) is 5.75 Å². The number of nitrogens with zero attached hydrogens (tertiary/aromatic N) is 6. The van der Waals surface area contributed by atoms with Crippen LogP contribution >= 0.6 is 0 Å². The highest BCUT2D eigenvalue weighted by atomic mass is 16.5. The number of benzene rings is 2. The highest BCUT2D eigenvalue weighted by molar-refractivity contribution is 5.99. The monoisotopic (exact) mass is 597 g/mol. The Morgan fingerprint density at radius 2 is 1.75 bits per heavy atom. The Morgan fingerprint density at radius 3 is 2.45 bits per heavy atom. The number of aliphatic hydroxyl groups is 1. The van der Waals surface area contributed by atoms with Crippen molar-refractivity contribution in [2.75, 3.05) is 42.6 Å². The van der Waals surface area contributed by atoms with E-state index in [1.165, 1.54) is 25.6 Å². The second-order valence-corrected chi connectivity index (χ2v) is 12.1. The normalized spacial score (nSPS) is 14.9. The van der Waals surface area contributed by atoms with E-state index in [2.05, 4.69) is 30.7 Å². The number of fused-ring (bicyclic) bond motifs is 1. The Bertz CT molecular complexity index is 1690. The molecule has 0 bridgehead atoms. The predicted molar refractivity (Wildman–Crippen MR) is 171 cm³/mol. The zero-order valence-corrected chi connectivity index (χ0v) is 25.3. The number of nitrogens with two attached hydrogens (primary N) is 1. The molecule has 0 saturated carbocycles. The summed E-state index contributed by atoms with van der Waals surface area (Å²) in [6, 6.07) is 17.1. The summed E-state index contributed by atoms with van der Waals surface area (Å²) in [4.78, 5) is 11.2. The molecule has 1 aliphatic rings. The van der Waals surface area contributed by atoms with E-state index in [0.29, 0.717) is 40.7 Å². The van der Waals surface area contributed by atoms with Crippen molar-refractivity contribution in [2.45, 2.75) is 51.8 Å². The van der Waals surface area contributed by atoms with Crippen LogP contribution < -0.4 is 21.1 Å². The third kappa shape index (κ3) is 6.61. The van der Waals surface area contributed by atoms with E-state index in [9.17, 15) is 5.11 Å². The van der Waals surface area contributed by atoms with Crippen LogP contribution in [0.25, 0.3) is 28.0 Å². The van der Waals surface area contributed by atoms with Crippen LogP contribution in [0.15, 0.2) is 65.4 Å². The first kappa shape index (κ1) is 29.4. The van der Waals surface area contributed by atoms with Crippen molar-refractivity contribution in [3.8, 4) is 22.7 Å². The summed E-state index contributed by atoms with van der Waals surface area (Å²) in [6.07, 6.45) is 4.22. The Labute approximate surface area is 256 Å². The molecule has 5 N–H and O–H groups in total. The third-order valence-electron chi connectivity index (χ3n) is 7.70. The average Bonchev–Trinajstić information content (AvgIpc) is 3.65. The van der Waals surface area contributed by atoms with Crippen LogP contribution in [0.1, 0.15) is 45.8 Å². The summed E-state index contributed by atoms with van der Waals surface area (Å²) in [5, 5.41) is 26.0. The Hall–Kier alpha value is -4.68. The second-order valence-electron chi connectivity index (χ2n) is 12.1. The molecule has 230 valence electrons. The molecule has 0 spiro atoms. The van der Waals surface area contributed by atoms with Crippen LogP contribution in [0.3, 0.4) is 0 Å². The van der Waals surface area contributed by atoms with Crippen LogP contribution in [0.2, 0.25) is 0 Å². The summed E-state index contributed by atoms with van der Waals surface area (Å²) in [6.45, 7) is 10.0. The van der Waals surface area contributed by atoms with Gasteiger partial charge in [-0.25, -0.2) is 14.6 Å². The summed E-state index contributed by atoms with van der Waals surface area (Å²) in [5.41, 5.74) is 9.77. The quantitative estimate of drug-likeness (QED) is 0.161. The second kappa shape index (κ2) is 12.5. The van der Waals surface area contributed by atoms with E-state index in [1.807, 2.05) is 69.3 Å². The molecule has 6 rings (SSSR count). The number of nitrogens with one attached hydrogen (secondary N) is 2. The topological polar surface area (TPSA) is 152 Å². The lowest BCUT2D eigenvalue weighted by atomic mass is 9.93. The number of hydrogen-bond acceptors (Lipinski definition) is 11. The first-order chi connectivity index (χ1) is 21.2. The van der Waals surface area contributed by atoms with Gasteiger partial charge in [-0.2, -0.15) is 5.10 Å². The van der Waals surface area contributed by atoms with Crippen LogP contribution in [-0.4, -0.2) is 67.5 Å². The summed E-state index contributed by atoms with van der Waals surface area (Å²) in [7, 11) is 0. The van der Waals surface area contributed by atoms with Gasteiger partial charge in [-0.15, -0.1) is 0 Å². The maximum atomic E-state index is 10.5. The van der Waals surface area contributed by atoms with Crippen molar-refractivity contribution in [2.24, 2.45) is 0 Å². The number of anilines is 3. The summed E-state index contributed by atoms with van der Waals surface area (Å²) >= 11 is 0. The number of hydrogen-bond donors (Lipinski definition) is 4. The molecule has 2 aromatic carbocycles. The predicted octanol–water partition coefficient (Wildman–Crippen LogP) is 5.01. The molecule has 1 atom stereocenters. The van der Waals surface area contributed by atoms with Crippen LogP contribution in [0.4, 0.5) is 17.3 Å². The molecule has 3 aromatic heterocycles. The Kier molecular flexibility index (Phi) is 8.36. The van der Waals surface area contributed by atoms with E-state index in [0.717, 1.165) is 42.4 Å². The SMILES string of the molecule is CC(C)(C)c1cc(NC(O)Nc2ccc(-n3nc(-c4ccc(OCCN5CCCCC5)cc4)c4c(N)ncnc43)cc2)no1. The molecule has 4 heterocycles. The molecule has 1 aliphatic heterocycles. The number of piperidine rings is 1. The summed E-state index contributed by atoms with van der Waals surface area (Å²) in [5.74, 6) is 2.33. The minimum atomic E-state index is -1.08. The van der Waals surface area contributed by atoms with Crippen molar-refractivity contribution in [1.29, 1.82) is 0 Å². The van der Waals surface area contributed by atoms with Gasteiger partial charge in [0.1, 0.15) is 36.0 Å². The fraction of sp³-hybridized carbons (Fsp3) is 0.375. The molecule has 1 unspecified atom stereocenters. The first-order valence-electron chi connectivity index (χ1n) is 15.0. The van der Waals surface area contributed by atoms with Gasteiger partial charge in [0, 0.05) is 29.3 Å². The van der Waals surface area contributed by atoms with Crippen molar-refractivity contribution in [3.05, 3.63) is 66.7 Å². The maximum Gasteiger partial charge on any atom is 0.204 e. The largest absolute Gasteiger partial charge is 0.492 e. The number of rotatable bonds is 10. The highest BCUT2D eigenvalue weighted by Crippen LogP contribution is 2.33. The number of nitrogen functional groups attached to an aromatic ring is 1. The molecule has 0 aliphatic carbocycles. The van der Waals surface area contributed by atoms with E-state index in [1.54, 1.807) is 10.7 Å². The zero-order valence-electron chi connectivity index (χ0n) is 25.3. The molecule has 1 fully saturated rings. The van der Waals surface area contributed by atoms with Crippen molar-refractivity contribution < 1.29 is 14.4 Å². The lowest BCUT2D eigenvalue weighted by molar-refractivity contribution is 0.183. The van der Waals surface area contributed by atoms with Crippen molar-refractivity contribution in [1.82, 2.24) is 29.8 Å². The lowest BCUT2D eigenvalue weighted by Crippen LogP contribution is -2.33. The maximum absolute atomic E-state index is 10.5. The number of ether oxygens (including phenoxy) is 1. The van der Waals surface area contributed by atoms with Gasteiger partial charge in [-0.05, 0) is 74.5 Å². The standard InChI is InChI=1S/C32H39N9O3/c1-32(2,3)25-19-26(39-44-25)37-31(42)36-22-9-11-23(12-10-22)41-30-27(29(33)34-20-35-30)28(38-41)21-7-13-24(14-8-21)43-18-17-40-15-5-4-6-16-40/h7-14,19-20,31,36,42H,4-6,15-18H2,1-3H3,(H,37,39)(H2,33,34,35). The van der Waals surface area contributed by atoms with E-state index in [-0.39, 0.29) is 5.41 Å². The third-order valence-corrected chi connectivity index (χ3v) is 7.70. The fourth-order valence-electron chi connectivity index (χ4n) is 5.27. The summed E-state index contributed by atoms with van der Waals surface area (Å²) < 4.78 is 13.1. The molecule has 44 heavy (non-hydrogen) atoms. The first-order valence-corrected chi connectivity index (χ1v) is 15.0. The Balaban J connectivity index is 1.15. The van der Waals surface area contributed by atoms with Crippen molar-refractivity contribution >= 4 is 28.4 Å². The zero-order chi connectivity index (χ0) is 30.7. The van der Waals surface area contributed by atoms with E-state index >= 15 is 0 Å². The van der Waals surface area contributed by atoms with Gasteiger partial charge in [0.05, 0.1) is 11.1 Å². The van der Waals surface area contributed by atoms with Crippen molar-refractivity contribution in [3.63, 3.8) is 0 Å². The lowest BCUT2D eigenvalue weighted by Gasteiger charge is -2.26.